The molecule has 176 valence electrons. The standard InChI is InChI=1S/C28H40O3P/c1-25(2,3)17-13-19-20-14-18(26(4,5)6)16-22(28(10,11)12)24(20)31-32(29)30-23(19)21(15-17)27(7,8)9/h13-16H,1-12H3/q-1. The van der Waals surface area contributed by atoms with Crippen LogP contribution in [0.2, 0.25) is 0 Å². The number of fused-ring (bicyclic) bond motifs is 3. The lowest BCUT2D eigenvalue weighted by molar-refractivity contribution is -0.170. The van der Waals surface area contributed by atoms with Crippen LogP contribution in [0.4, 0.5) is 0 Å². The van der Waals surface area contributed by atoms with Crippen molar-refractivity contribution in [2.24, 2.45) is 0 Å². The Balaban J connectivity index is 2.74. The monoisotopic (exact) mass is 455 g/mol. The van der Waals surface area contributed by atoms with Gasteiger partial charge in [0.05, 0.1) is 0 Å². The maximum atomic E-state index is 13.0. The highest BCUT2D eigenvalue weighted by atomic mass is 31.1. The van der Waals surface area contributed by atoms with Crippen molar-refractivity contribution in [3.63, 3.8) is 0 Å². The van der Waals surface area contributed by atoms with Gasteiger partial charge in [-0.25, -0.2) is 0 Å². The lowest BCUT2D eigenvalue weighted by atomic mass is 9.77. The Morgan fingerprint density at radius 3 is 1.09 bits per heavy atom. The molecule has 0 unspecified atom stereocenters. The zero-order valence-corrected chi connectivity index (χ0v) is 22.9. The average molecular weight is 456 g/mol. The fourth-order valence-corrected chi connectivity index (χ4v) is 4.73. The second-order valence-corrected chi connectivity index (χ2v) is 14.0. The molecule has 3 aromatic rings. The summed E-state index contributed by atoms with van der Waals surface area (Å²) in [7, 11) is -2.34. The van der Waals surface area contributed by atoms with E-state index in [1.807, 2.05) is 0 Å². The van der Waals surface area contributed by atoms with Gasteiger partial charge in [0.15, 0.2) is 0 Å². The van der Waals surface area contributed by atoms with Crippen LogP contribution in [0.5, 0.6) is 0 Å². The van der Waals surface area contributed by atoms with Gasteiger partial charge in [0.2, 0.25) is 0 Å². The second-order valence-electron chi connectivity index (χ2n) is 13.2. The van der Waals surface area contributed by atoms with E-state index >= 15 is 0 Å². The molecule has 32 heavy (non-hydrogen) atoms. The predicted octanol–water partition coefficient (Wildman–Crippen LogP) is 8.60. The highest BCUT2D eigenvalue weighted by Crippen LogP contribution is 2.43. The molecule has 0 radical (unpaired) electrons. The minimum Gasteiger partial charge on any atom is -0.751 e. The van der Waals surface area contributed by atoms with Crippen LogP contribution >= 0.6 is 8.24 Å². The van der Waals surface area contributed by atoms with Gasteiger partial charge in [-0.05, 0) is 44.9 Å². The van der Waals surface area contributed by atoms with E-state index in [-0.39, 0.29) is 21.7 Å². The molecule has 0 amide bonds. The van der Waals surface area contributed by atoms with Crippen LogP contribution in [0, 0.1) is 0 Å². The van der Waals surface area contributed by atoms with Crippen molar-refractivity contribution in [1.82, 2.24) is 0 Å². The summed E-state index contributed by atoms with van der Waals surface area (Å²) in [6, 6.07) is 8.84. The summed E-state index contributed by atoms with van der Waals surface area (Å²) in [6.07, 6.45) is 0. The van der Waals surface area contributed by atoms with Crippen LogP contribution in [-0.2, 0) is 21.7 Å². The largest absolute Gasteiger partial charge is 0.751 e. The van der Waals surface area contributed by atoms with Gasteiger partial charge in [-0.1, -0.05) is 95.2 Å². The molecule has 1 heterocycles. The summed E-state index contributed by atoms with van der Waals surface area (Å²) < 4.78 is 12.1. The molecule has 2 aromatic carbocycles. The van der Waals surface area contributed by atoms with Crippen LogP contribution in [0.1, 0.15) is 105 Å². The minimum absolute atomic E-state index is 0.0426. The van der Waals surface area contributed by atoms with E-state index in [0.717, 1.165) is 21.9 Å². The molecule has 3 nitrogen and oxygen atoms in total. The minimum atomic E-state index is -2.34. The number of hydrogen-bond donors (Lipinski definition) is 0. The molecule has 0 spiro atoms. The summed E-state index contributed by atoms with van der Waals surface area (Å²) in [5.41, 5.74) is 5.47. The first kappa shape index (κ1) is 24.9. The molecule has 0 fully saturated rings. The highest BCUT2D eigenvalue weighted by molar-refractivity contribution is 7.28. The van der Waals surface area contributed by atoms with Crippen LogP contribution in [0.25, 0.3) is 21.9 Å². The van der Waals surface area contributed by atoms with Crippen LogP contribution in [-0.4, -0.2) is 0 Å². The maximum absolute atomic E-state index is 13.0. The van der Waals surface area contributed by atoms with Crippen LogP contribution < -0.4 is 4.89 Å². The Hall–Kier alpha value is -1.70. The van der Waals surface area contributed by atoms with Crippen LogP contribution in [0.15, 0.2) is 32.7 Å². The second kappa shape index (κ2) is 7.67. The number of hydrogen-bond acceptors (Lipinski definition) is 3. The lowest BCUT2D eigenvalue weighted by Crippen LogP contribution is -2.17. The Morgan fingerprint density at radius 2 is 0.844 bits per heavy atom. The van der Waals surface area contributed by atoms with Crippen molar-refractivity contribution >= 4 is 30.2 Å². The first-order valence-electron chi connectivity index (χ1n) is 11.5. The van der Waals surface area contributed by atoms with Crippen molar-refractivity contribution in [2.75, 3.05) is 0 Å². The summed E-state index contributed by atoms with van der Waals surface area (Å²) >= 11 is 0. The third-order valence-electron chi connectivity index (χ3n) is 6.15. The van der Waals surface area contributed by atoms with E-state index in [0.29, 0.717) is 11.2 Å². The van der Waals surface area contributed by atoms with E-state index in [4.69, 9.17) is 8.39 Å². The van der Waals surface area contributed by atoms with Crippen LogP contribution in [0.3, 0.4) is 0 Å². The fourth-order valence-electron chi connectivity index (χ4n) is 4.00. The van der Waals surface area contributed by atoms with E-state index < -0.39 is 8.24 Å². The molecule has 1 aromatic heterocycles. The summed E-state index contributed by atoms with van der Waals surface area (Å²) in [4.78, 5) is 13.0. The number of benzene rings is 2. The summed E-state index contributed by atoms with van der Waals surface area (Å²) in [5.74, 6) is 0. The van der Waals surface area contributed by atoms with Gasteiger partial charge in [0.25, 0.3) is 0 Å². The Labute approximate surface area is 194 Å². The molecular weight excluding hydrogens is 415 g/mol. The van der Waals surface area contributed by atoms with Gasteiger partial charge >= 0.3 is 0 Å². The summed E-state index contributed by atoms with van der Waals surface area (Å²) in [6.45, 7) is 26.4. The molecular formula is C28H40O3P-. The normalized spacial score (nSPS) is 13.8. The molecule has 3 rings (SSSR count). The third kappa shape index (κ3) is 4.80. The zero-order valence-electron chi connectivity index (χ0n) is 22.0. The maximum Gasteiger partial charge on any atom is 0.144 e. The molecule has 0 saturated heterocycles. The number of rotatable bonds is 0. The van der Waals surface area contributed by atoms with Crippen molar-refractivity contribution < 1.29 is 13.3 Å². The molecule has 0 aliphatic carbocycles. The topological polar surface area (TPSA) is 49.3 Å². The first-order valence-corrected chi connectivity index (χ1v) is 12.6. The molecule has 0 atom stereocenters. The smallest absolute Gasteiger partial charge is 0.144 e. The Morgan fingerprint density at radius 1 is 0.531 bits per heavy atom. The van der Waals surface area contributed by atoms with Gasteiger partial charge in [0, 0.05) is 21.9 Å². The molecule has 0 saturated carbocycles. The van der Waals surface area contributed by atoms with Crippen molar-refractivity contribution in [3.05, 3.63) is 46.5 Å². The van der Waals surface area contributed by atoms with E-state index in [1.54, 1.807) is 0 Å². The SMILES string of the molecule is CC(C)(C)c1cc(C(C)(C)C)c2op([O-])oc3c(C(C)(C)C)cc(C(C)(C)C)cc3c2c1. The highest BCUT2D eigenvalue weighted by Gasteiger charge is 2.27. The fraction of sp³-hybridized carbons (Fsp3) is 0.571. The average Bonchev–Trinajstić information content (AvgIpc) is 2.71. The molecule has 0 N–H and O–H groups in total. The van der Waals surface area contributed by atoms with Gasteiger partial charge in [0.1, 0.15) is 19.4 Å². The van der Waals surface area contributed by atoms with E-state index in [2.05, 4.69) is 107 Å². The molecule has 4 heteroatoms. The molecule has 0 bridgehead atoms. The van der Waals surface area contributed by atoms with Crippen molar-refractivity contribution in [2.45, 2.75) is 105 Å². The van der Waals surface area contributed by atoms with E-state index in [1.165, 1.54) is 11.1 Å². The van der Waals surface area contributed by atoms with Gasteiger partial charge < -0.3 is 13.3 Å². The first-order chi connectivity index (χ1) is 14.3. The molecule has 0 aliphatic rings. The Bertz CT molecular complexity index is 1110. The van der Waals surface area contributed by atoms with Gasteiger partial charge in [-0.15, -0.1) is 0 Å². The molecule has 0 aliphatic heterocycles. The van der Waals surface area contributed by atoms with Crippen molar-refractivity contribution in [1.29, 1.82) is 0 Å². The summed E-state index contributed by atoms with van der Waals surface area (Å²) in [5, 5.41) is 1.93. The van der Waals surface area contributed by atoms with Gasteiger partial charge in [-0.3, -0.25) is 0 Å². The Kier molecular flexibility index (Phi) is 5.98. The predicted molar refractivity (Wildman–Crippen MR) is 137 cm³/mol. The zero-order chi connectivity index (χ0) is 24.4. The lowest BCUT2D eigenvalue weighted by Gasteiger charge is -2.27. The quantitative estimate of drug-likeness (QED) is 0.341. The van der Waals surface area contributed by atoms with Gasteiger partial charge in [-0.2, -0.15) is 0 Å². The third-order valence-corrected chi connectivity index (χ3v) is 6.81. The van der Waals surface area contributed by atoms with Crippen molar-refractivity contribution in [3.8, 4) is 0 Å². The van der Waals surface area contributed by atoms with E-state index in [9.17, 15) is 4.89 Å².